The van der Waals surface area contributed by atoms with Gasteiger partial charge in [0.05, 0.1) is 5.56 Å². The molecule has 2 aromatic carbocycles. The first-order chi connectivity index (χ1) is 9.90. The van der Waals surface area contributed by atoms with E-state index in [9.17, 15) is 22.4 Å². The summed E-state index contributed by atoms with van der Waals surface area (Å²) >= 11 is 0. The molecular formula is C15H10F4O2. The minimum atomic E-state index is -4.74. The second kappa shape index (κ2) is 5.95. The van der Waals surface area contributed by atoms with Crippen LogP contribution in [0.3, 0.4) is 0 Å². The second-order valence-electron chi connectivity index (χ2n) is 4.29. The highest BCUT2D eigenvalue weighted by atomic mass is 19.4. The number of halogens is 4. The number of hydrogen-bond donors (Lipinski definition) is 0. The standard InChI is InChI=1S/C15H10F4O2/c16-14-6-3-11(7-13(14)15(17,18)19)9-21-12-4-1-10(8-20)2-5-12/h1-8H,9H2. The van der Waals surface area contributed by atoms with Crippen LogP contribution < -0.4 is 4.74 Å². The van der Waals surface area contributed by atoms with E-state index < -0.39 is 17.6 Å². The second-order valence-corrected chi connectivity index (χ2v) is 4.29. The quantitative estimate of drug-likeness (QED) is 0.623. The molecule has 0 unspecified atom stereocenters. The van der Waals surface area contributed by atoms with Crippen LogP contribution in [-0.2, 0) is 12.8 Å². The number of ether oxygens (including phenoxy) is 1. The number of benzene rings is 2. The van der Waals surface area contributed by atoms with Crippen LogP contribution in [0.5, 0.6) is 5.75 Å². The van der Waals surface area contributed by atoms with E-state index in [4.69, 9.17) is 4.74 Å². The predicted molar refractivity (Wildman–Crippen MR) is 67.6 cm³/mol. The molecule has 0 atom stereocenters. The fourth-order valence-corrected chi connectivity index (χ4v) is 1.69. The van der Waals surface area contributed by atoms with Crippen molar-refractivity contribution in [1.29, 1.82) is 0 Å². The third kappa shape index (κ3) is 3.81. The Hall–Kier alpha value is -2.37. The fraction of sp³-hybridized carbons (Fsp3) is 0.133. The molecular weight excluding hydrogens is 288 g/mol. The van der Waals surface area contributed by atoms with Crippen molar-refractivity contribution in [1.82, 2.24) is 0 Å². The van der Waals surface area contributed by atoms with Crippen molar-refractivity contribution >= 4 is 6.29 Å². The van der Waals surface area contributed by atoms with Crippen LogP contribution in [0.25, 0.3) is 0 Å². The van der Waals surface area contributed by atoms with Crippen LogP contribution >= 0.6 is 0 Å². The summed E-state index contributed by atoms with van der Waals surface area (Å²) in [5.41, 5.74) is -0.661. The van der Waals surface area contributed by atoms with Gasteiger partial charge in [0.15, 0.2) is 0 Å². The Balaban J connectivity index is 2.11. The van der Waals surface area contributed by atoms with Gasteiger partial charge in [-0.3, -0.25) is 4.79 Å². The SMILES string of the molecule is O=Cc1ccc(OCc2ccc(F)c(C(F)(F)F)c2)cc1. The van der Waals surface area contributed by atoms with E-state index in [1.54, 1.807) is 0 Å². The van der Waals surface area contributed by atoms with Crippen LogP contribution in [0.1, 0.15) is 21.5 Å². The molecule has 21 heavy (non-hydrogen) atoms. The van der Waals surface area contributed by atoms with Gasteiger partial charge in [-0.05, 0) is 42.0 Å². The van der Waals surface area contributed by atoms with Crippen molar-refractivity contribution < 1.29 is 27.1 Å². The predicted octanol–water partition coefficient (Wildman–Crippen LogP) is 4.24. The van der Waals surface area contributed by atoms with Crippen molar-refractivity contribution in [3.05, 3.63) is 65.0 Å². The summed E-state index contributed by atoms with van der Waals surface area (Å²) in [5, 5.41) is 0. The highest BCUT2D eigenvalue weighted by molar-refractivity contribution is 5.74. The third-order valence-electron chi connectivity index (χ3n) is 2.76. The topological polar surface area (TPSA) is 26.3 Å². The third-order valence-corrected chi connectivity index (χ3v) is 2.76. The van der Waals surface area contributed by atoms with E-state index in [1.165, 1.54) is 30.3 Å². The summed E-state index contributed by atoms with van der Waals surface area (Å²) in [4.78, 5) is 10.5. The summed E-state index contributed by atoms with van der Waals surface area (Å²) < 4.78 is 56.1. The van der Waals surface area contributed by atoms with Crippen LogP contribution in [0.15, 0.2) is 42.5 Å². The number of rotatable bonds is 4. The molecule has 0 aliphatic heterocycles. The number of aldehydes is 1. The van der Waals surface area contributed by atoms with Crippen LogP contribution in [0, 0.1) is 5.82 Å². The van der Waals surface area contributed by atoms with Crippen molar-refractivity contribution in [3.8, 4) is 5.75 Å². The lowest BCUT2D eigenvalue weighted by atomic mass is 10.1. The zero-order chi connectivity index (χ0) is 15.5. The molecule has 0 N–H and O–H groups in total. The van der Waals surface area contributed by atoms with Crippen molar-refractivity contribution in [2.24, 2.45) is 0 Å². The van der Waals surface area contributed by atoms with Crippen LogP contribution in [0.2, 0.25) is 0 Å². The normalized spacial score (nSPS) is 11.2. The molecule has 0 spiro atoms. The summed E-state index contributed by atoms with van der Waals surface area (Å²) in [7, 11) is 0. The molecule has 0 aromatic heterocycles. The Morgan fingerprint density at radius 1 is 1.05 bits per heavy atom. The molecule has 0 amide bonds. The molecule has 0 aliphatic rings. The fourth-order valence-electron chi connectivity index (χ4n) is 1.69. The van der Waals surface area contributed by atoms with Crippen molar-refractivity contribution in [3.63, 3.8) is 0 Å². The Labute approximate surface area is 118 Å². The van der Waals surface area contributed by atoms with Gasteiger partial charge < -0.3 is 4.74 Å². The summed E-state index contributed by atoms with van der Waals surface area (Å²) in [6.45, 7) is -0.135. The minimum absolute atomic E-state index is 0.135. The average Bonchev–Trinajstić information content (AvgIpc) is 2.45. The summed E-state index contributed by atoms with van der Waals surface area (Å²) in [6.07, 6.45) is -4.08. The molecule has 6 heteroatoms. The summed E-state index contributed by atoms with van der Waals surface area (Å²) in [5.74, 6) is -0.917. The number of hydrogen-bond acceptors (Lipinski definition) is 2. The molecule has 0 saturated carbocycles. The van der Waals surface area contributed by atoms with Crippen LogP contribution in [-0.4, -0.2) is 6.29 Å². The molecule has 110 valence electrons. The molecule has 0 fully saturated rings. The van der Waals surface area contributed by atoms with E-state index in [0.29, 0.717) is 17.6 Å². The van der Waals surface area contributed by atoms with Gasteiger partial charge in [0.1, 0.15) is 24.5 Å². The smallest absolute Gasteiger partial charge is 0.419 e. The molecule has 0 heterocycles. The van der Waals surface area contributed by atoms with Gasteiger partial charge in [-0.25, -0.2) is 4.39 Å². The highest BCUT2D eigenvalue weighted by Gasteiger charge is 2.34. The number of alkyl halides is 3. The Kier molecular flexibility index (Phi) is 4.26. The Morgan fingerprint density at radius 3 is 2.29 bits per heavy atom. The monoisotopic (exact) mass is 298 g/mol. The van der Waals surface area contributed by atoms with Gasteiger partial charge in [-0.1, -0.05) is 6.07 Å². The largest absolute Gasteiger partial charge is 0.489 e. The first-order valence-corrected chi connectivity index (χ1v) is 5.94. The van der Waals surface area contributed by atoms with E-state index >= 15 is 0 Å². The number of carbonyl (C=O) groups is 1. The lowest BCUT2D eigenvalue weighted by Gasteiger charge is -2.11. The highest BCUT2D eigenvalue weighted by Crippen LogP contribution is 2.32. The van der Waals surface area contributed by atoms with E-state index in [-0.39, 0.29) is 12.2 Å². The number of carbonyl (C=O) groups excluding carboxylic acids is 1. The maximum Gasteiger partial charge on any atom is 0.419 e. The molecule has 0 aliphatic carbocycles. The van der Waals surface area contributed by atoms with E-state index in [1.807, 2.05) is 0 Å². The lowest BCUT2D eigenvalue weighted by molar-refractivity contribution is -0.140. The minimum Gasteiger partial charge on any atom is -0.489 e. The van der Waals surface area contributed by atoms with Gasteiger partial charge in [0, 0.05) is 5.56 Å². The van der Waals surface area contributed by atoms with Gasteiger partial charge in [-0.2, -0.15) is 13.2 Å². The van der Waals surface area contributed by atoms with Gasteiger partial charge in [0.25, 0.3) is 0 Å². The lowest BCUT2D eigenvalue weighted by Crippen LogP contribution is -2.09. The zero-order valence-corrected chi connectivity index (χ0v) is 10.7. The first kappa shape index (κ1) is 15.0. The van der Waals surface area contributed by atoms with Gasteiger partial charge >= 0.3 is 6.18 Å². The summed E-state index contributed by atoms with van der Waals surface area (Å²) in [6, 6.07) is 8.80. The molecule has 2 rings (SSSR count). The molecule has 0 bridgehead atoms. The van der Waals surface area contributed by atoms with Crippen LogP contribution in [0.4, 0.5) is 17.6 Å². The maximum atomic E-state index is 13.1. The van der Waals surface area contributed by atoms with Gasteiger partial charge in [0.2, 0.25) is 0 Å². The van der Waals surface area contributed by atoms with E-state index in [2.05, 4.69) is 0 Å². The van der Waals surface area contributed by atoms with E-state index in [0.717, 1.165) is 12.1 Å². The maximum absolute atomic E-state index is 13.1. The first-order valence-electron chi connectivity index (χ1n) is 5.94. The average molecular weight is 298 g/mol. The zero-order valence-electron chi connectivity index (χ0n) is 10.7. The van der Waals surface area contributed by atoms with Crippen molar-refractivity contribution in [2.75, 3.05) is 0 Å². The molecule has 0 radical (unpaired) electrons. The molecule has 0 saturated heterocycles. The van der Waals surface area contributed by atoms with Gasteiger partial charge in [-0.15, -0.1) is 0 Å². The molecule has 2 nitrogen and oxygen atoms in total. The Bertz CT molecular complexity index is 633. The molecule has 2 aromatic rings. The Morgan fingerprint density at radius 2 is 1.71 bits per heavy atom. The van der Waals surface area contributed by atoms with Crippen molar-refractivity contribution in [2.45, 2.75) is 12.8 Å².